The van der Waals surface area contributed by atoms with Gasteiger partial charge < -0.3 is 24.4 Å². The van der Waals surface area contributed by atoms with E-state index in [0.717, 1.165) is 101 Å². The summed E-state index contributed by atoms with van der Waals surface area (Å²) in [7, 11) is 0. The van der Waals surface area contributed by atoms with Gasteiger partial charge in [-0.15, -0.1) is 0 Å². The maximum Gasteiger partial charge on any atom is 0.309 e. The van der Waals surface area contributed by atoms with Gasteiger partial charge in [0.1, 0.15) is 24.7 Å². The molecule has 1 aromatic carbocycles. The molecular weight excluding hydrogens is 816 g/mol. The van der Waals surface area contributed by atoms with Gasteiger partial charge in [-0.3, -0.25) is 24.6 Å². The Labute approximate surface area is 382 Å². The van der Waals surface area contributed by atoms with E-state index in [1.54, 1.807) is 0 Å². The zero-order valence-electron chi connectivity index (χ0n) is 39.7. The third-order valence-corrected chi connectivity index (χ3v) is 19.8. The van der Waals surface area contributed by atoms with Crippen LogP contribution in [0.1, 0.15) is 139 Å². The molecule has 11 atom stereocenters. The highest BCUT2D eigenvalue weighted by molar-refractivity contribution is 6.30. The number of allylic oxidation sites excluding steroid dienone is 2. The summed E-state index contributed by atoms with van der Waals surface area (Å²) >= 11 is 6.44. The number of nitrogens with one attached hydrogen (secondary N) is 1. The predicted octanol–water partition coefficient (Wildman–Crippen LogP) is 9.49. The van der Waals surface area contributed by atoms with Gasteiger partial charge >= 0.3 is 11.9 Å². The molecule has 1 aromatic rings. The molecule has 350 valence electrons. The Morgan fingerprint density at radius 2 is 1.65 bits per heavy atom. The van der Waals surface area contributed by atoms with Crippen molar-refractivity contribution in [3.8, 4) is 5.75 Å². The number of carbonyl (C=O) groups excluding carboxylic acids is 2. The lowest BCUT2D eigenvalue weighted by atomic mass is 9.33. The topological polar surface area (TPSA) is 135 Å². The largest absolute Gasteiger partial charge is 0.492 e. The quantitative estimate of drug-likeness (QED) is 0.130. The molecule has 10 nitrogen and oxygen atoms in total. The van der Waals surface area contributed by atoms with Crippen LogP contribution in [0.5, 0.6) is 5.75 Å². The number of rotatable bonds is 13. The number of aliphatic hydroxyl groups is 1. The van der Waals surface area contributed by atoms with E-state index in [0.29, 0.717) is 49.3 Å². The van der Waals surface area contributed by atoms with E-state index in [-0.39, 0.29) is 62.7 Å². The van der Waals surface area contributed by atoms with Crippen molar-refractivity contribution in [2.24, 2.45) is 68.0 Å². The number of hydrogen-bond acceptors (Lipinski definition) is 9. The van der Waals surface area contributed by atoms with Crippen LogP contribution in [0.4, 0.5) is 0 Å². The summed E-state index contributed by atoms with van der Waals surface area (Å²) in [6, 6.07) is 5.70. The van der Waals surface area contributed by atoms with Crippen molar-refractivity contribution in [3.05, 3.63) is 39.9 Å². The second-order valence-electron chi connectivity index (χ2n) is 23.4. The number of carboxylic acid groups (broad SMARTS) is 1. The van der Waals surface area contributed by atoms with Crippen molar-refractivity contribution in [3.63, 3.8) is 0 Å². The number of ether oxygens (including phenoxy) is 3. The van der Waals surface area contributed by atoms with Crippen LogP contribution in [0.2, 0.25) is 5.02 Å². The highest BCUT2D eigenvalue weighted by Gasteiger charge is 2.70. The first-order valence-electron chi connectivity index (χ1n) is 24.4. The Balaban J connectivity index is 0.979. The van der Waals surface area contributed by atoms with E-state index in [2.05, 4.69) is 58.7 Å². The average molecular weight is 894 g/mol. The molecule has 1 heterocycles. The molecule has 0 bridgehead atoms. The minimum Gasteiger partial charge on any atom is -0.492 e. The van der Waals surface area contributed by atoms with Gasteiger partial charge in [-0.1, -0.05) is 85.6 Å². The van der Waals surface area contributed by atoms with Crippen molar-refractivity contribution in [1.82, 2.24) is 10.2 Å². The number of halogens is 1. The number of aliphatic hydroxyl groups excluding tert-OH is 1. The third-order valence-electron chi connectivity index (χ3n) is 19.5. The van der Waals surface area contributed by atoms with Crippen LogP contribution >= 0.6 is 11.6 Å². The molecule has 63 heavy (non-hydrogen) atoms. The molecule has 0 radical (unpaired) electrons. The molecule has 0 spiro atoms. The fourth-order valence-electron chi connectivity index (χ4n) is 15.7. The zero-order valence-corrected chi connectivity index (χ0v) is 40.5. The van der Waals surface area contributed by atoms with Gasteiger partial charge in [0.15, 0.2) is 5.78 Å². The van der Waals surface area contributed by atoms with E-state index in [4.69, 9.17) is 25.8 Å². The summed E-state index contributed by atoms with van der Waals surface area (Å²) in [5, 5.41) is 25.7. The molecule has 11 heteroatoms. The molecular formula is C52H77ClN2O8. The van der Waals surface area contributed by atoms with Crippen LogP contribution in [-0.2, 0) is 30.4 Å². The normalized spacial score (nSPS) is 38.8. The first kappa shape index (κ1) is 47.0. The maximum absolute atomic E-state index is 14.3. The second kappa shape index (κ2) is 17.0. The van der Waals surface area contributed by atoms with Gasteiger partial charge in [-0.25, -0.2) is 0 Å². The summed E-state index contributed by atoms with van der Waals surface area (Å²) in [5.41, 5.74) is 2.24. The summed E-state index contributed by atoms with van der Waals surface area (Å²) in [5.74, 6) is 0.302. The molecule has 6 aliphatic carbocycles. The fraction of sp³-hybridized carbons (Fsp3) is 0.788. The monoisotopic (exact) mass is 893 g/mol. The van der Waals surface area contributed by atoms with Crippen LogP contribution in [-0.4, -0.2) is 84.6 Å². The number of nitrogens with zero attached hydrogens (tertiary/aromatic N) is 1. The second-order valence-corrected chi connectivity index (χ2v) is 23.9. The SMILES string of the molecule is CC(C)C1=C2[C@H]3CC[C@@H]4[C@@]5(C)CC[C@H](OC(=O)[C@H]6C[C@@H](C(=O)O)C6(C)C)C(C)(C)[C@@H]5CC[C@@]4(C)[C@]3(C)CC[C@@]2(CC(O)NCc2ccc(Cl)cc2OCCN2CCOCC2)CC1=O. The molecule has 7 aliphatic rings. The Hall–Kier alpha value is -2.50. The van der Waals surface area contributed by atoms with E-state index < -0.39 is 23.5 Å². The van der Waals surface area contributed by atoms with Gasteiger partial charge in [0.2, 0.25) is 0 Å². The van der Waals surface area contributed by atoms with E-state index in [9.17, 15) is 24.6 Å². The summed E-state index contributed by atoms with van der Waals surface area (Å²) in [6.45, 7) is 25.5. The van der Waals surface area contributed by atoms with Gasteiger partial charge in [0.25, 0.3) is 0 Å². The number of morpholine rings is 1. The van der Waals surface area contributed by atoms with Crippen LogP contribution < -0.4 is 10.1 Å². The van der Waals surface area contributed by atoms with Gasteiger partial charge in [0.05, 0.1) is 25.0 Å². The van der Waals surface area contributed by atoms with Crippen LogP contribution in [0.3, 0.4) is 0 Å². The molecule has 1 aliphatic heterocycles. The summed E-state index contributed by atoms with van der Waals surface area (Å²) in [6.07, 6.45) is 8.35. The van der Waals surface area contributed by atoms with Gasteiger partial charge in [-0.05, 0) is 127 Å². The van der Waals surface area contributed by atoms with Gasteiger partial charge in [-0.2, -0.15) is 0 Å². The minimum atomic E-state index is -0.832. The number of benzene rings is 1. The van der Waals surface area contributed by atoms with Crippen molar-refractivity contribution in [2.75, 3.05) is 39.5 Å². The van der Waals surface area contributed by atoms with E-state index >= 15 is 0 Å². The zero-order chi connectivity index (χ0) is 45.5. The van der Waals surface area contributed by atoms with Crippen molar-refractivity contribution in [1.29, 1.82) is 0 Å². The predicted molar refractivity (Wildman–Crippen MR) is 244 cm³/mol. The summed E-state index contributed by atoms with van der Waals surface area (Å²) < 4.78 is 18.2. The van der Waals surface area contributed by atoms with E-state index in [1.807, 2.05) is 32.0 Å². The van der Waals surface area contributed by atoms with E-state index in [1.165, 1.54) is 5.57 Å². The molecule has 1 saturated heterocycles. The standard InChI is InChI=1S/C52H77ClN2O8/c1-31(2)43-37(56)28-52(29-42(57)54-30-32-10-11-33(53)26-38(32)62-25-22-55-20-23-61-24-21-55)19-18-50(8)34(44(43)52)12-13-40-49(7)16-15-41(48(5,6)39(49)14-17-51(40,50)9)63-46(60)36-27-35(45(58)59)47(36,3)4/h10-11,26,31,34-36,39-42,54,57H,12-25,27-30H2,1-9H3,(H,58,59)/t34-,35+,36-,39+,40-,41+,42?,49+,50-,51-,52+/m1/s1. The molecule has 0 aromatic heterocycles. The number of hydrogen-bond donors (Lipinski definition) is 3. The first-order chi connectivity index (χ1) is 29.6. The number of esters is 1. The summed E-state index contributed by atoms with van der Waals surface area (Å²) in [4.78, 5) is 42.1. The molecule has 8 rings (SSSR count). The third kappa shape index (κ3) is 7.83. The maximum atomic E-state index is 14.3. The van der Waals surface area contributed by atoms with Crippen LogP contribution in [0.15, 0.2) is 29.3 Å². The fourth-order valence-corrected chi connectivity index (χ4v) is 15.9. The highest BCUT2D eigenvalue weighted by atomic mass is 35.5. The molecule has 1 unspecified atom stereocenters. The van der Waals surface area contributed by atoms with Crippen molar-refractivity contribution in [2.45, 2.75) is 152 Å². The van der Waals surface area contributed by atoms with Crippen molar-refractivity contribution >= 4 is 29.3 Å². The van der Waals surface area contributed by atoms with Crippen LogP contribution in [0, 0.1) is 68.0 Å². The lowest BCUT2D eigenvalue weighted by Gasteiger charge is -2.72. The number of ketones is 1. The number of carbonyl (C=O) groups is 3. The number of carboxylic acids is 1. The van der Waals surface area contributed by atoms with Gasteiger partial charge in [0, 0.05) is 54.0 Å². The lowest BCUT2D eigenvalue weighted by molar-refractivity contribution is -0.237. The molecule has 0 amide bonds. The lowest BCUT2D eigenvalue weighted by Crippen LogP contribution is -2.66. The molecule has 5 saturated carbocycles. The van der Waals surface area contributed by atoms with Crippen molar-refractivity contribution < 1.29 is 38.8 Å². The molecule has 6 fully saturated rings. The number of aliphatic carboxylic acids is 1. The Kier molecular flexibility index (Phi) is 12.7. The smallest absolute Gasteiger partial charge is 0.309 e. The van der Waals surface area contributed by atoms with Crippen LogP contribution in [0.25, 0.3) is 0 Å². The average Bonchev–Trinajstić information content (AvgIpc) is 3.50. The Morgan fingerprint density at radius 1 is 0.921 bits per heavy atom. The number of Topliss-reactive ketones (excluding diaryl/α,β-unsaturated/α-hetero) is 1. The number of fused-ring (bicyclic) bond motifs is 7. The minimum absolute atomic E-state index is 0.00736. The Bertz CT molecular complexity index is 1980. The first-order valence-corrected chi connectivity index (χ1v) is 24.8. The Morgan fingerprint density at radius 3 is 2.33 bits per heavy atom. The molecule has 3 N–H and O–H groups in total. The highest BCUT2D eigenvalue weighted by Crippen LogP contribution is 2.77.